The van der Waals surface area contributed by atoms with Gasteiger partial charge in [-0.05, 0) is 88.8 Å². The Kier molecular flexibility index (Phi) is 7.57. The molecule has 6 heteroatoms. The minimum Gasteiger partial charge on any atom is -0.497 e. The van der Waals surface area contributed by atoms with E-state index in [0.29, 0.717) is 17.1 Å². The van der Waals surface area contributed by atoms with Crippen molar-refractivity contribution in [1.29, 1.82) is 0 Å². The number of ether oxygens (including phenoxy) is 3. The molecule has 156 valence electrons. The van der Waals surface area contributed by atoms with E-state index in [1.54, 1.807) is 45.6 Å². The first-order valence-electron chi connectivity index (χ1n) is 9.45. The lowest BCUT2D eigenvalue weighted by Crippen LogP contribution is -2.16. The fraction of sp³-hybridized carbons (Fsp3) is 0.208. The lowest BCUT2D eigenvalue weighted by Gasteiger charge is -2.21. The minimum atomic E-state index is -0.237. The Hall–Kier alpha value is -2.74. The molecule has 0 radical (unpaired) electrons. The Morgan fingerprint density at radius 1 is 0.867 bits per heavy atom. The number of hydrogen-bond acceptors (Lipinski definition) is 5. The molecule has 0 aliphatic rings. The molecule has 3 aromatic rings. The largest absolute Gasteiger partial charge is 0.497 e. The Balaban J connectivity index is 1.90. The van der Waals surface area contributed by atoms with Crippen molar-refractivity contribution in [3.63, 3.8) is 0 Å². The summed E-state index contributed by atoms with van der Waals surface area (Å²) in [6.07, 6.45) is 0.286. The Labute approximate surface area is 190 Å². The summed E-state index contributed by atoms with van der Waals surface area (Å²) in [4.78, 5) is 13.0. The first kappa shape index (κ1) is 22.0. The molecule has 3 aromatic carbocycles. The monoisotopic (exact) mass is 517 g/mol. The molecule has 0 aliphatic carbocycles. The smallest absolute Gasteiger partial charge is 0.165 e. The molecule has 3 rings (SSSR count). The number of rotatable bonds is 9. The molecule has 1 unspecified atom stereocenters. The average molecular weight is 517 g/mol. The summed E-state index contributed by atoms with van der Waals surface area (Å²) < 4.78 is 17.1. The molecular weight excluding hydrogens is 493 g/mol. The zero-order valence-corrected chi connectivity index (χ0v) is 19.3. The van der Waals surface area contributed by atoms with Gasteiger partial charge in [-0.1, -0.05) is 6.07 Å². The summed E-state index contributed by atoms with van der Waals surface area (Å²) in [6, 6.07) is 20.7. The Morgan fingerprint density at radius 3 is 2.13 bits per heavy atom. The Bertz CT molecular complexity index is 987. The quantitative estimate of drug-likeness (QED) is 0.290. The number of nitrogens with one attached hydrogen (secondary N) is 1. The highest BCUT2D eigenvalue weighted by Crippen LogP contribution is 2.33. The predicted octanol–water partition coefficient (Wildman–Crippen LogP) is 5.74. The van der Waals surface area contributed by atoms with E-state index >= 15 is 0 Å². The van der Waals surface area contributed by atoms with Crippen molar-refractivity contribution in [3.05, 3.63) is 81.4 Å². The molecular formula is C24H24INO4. The lowest BCUT2D eigenvalue weighted by atomic mass is 9.97. The van der Waals surface area contributed by atoms with Crippen molar-refractivity contribution in [2.45, 2.75) is 12.5 Å². The first-order chi connectivity index (χ1) is 14.5. The van der Waals surface area contributed by atoms with Gasteiger partial charge in [-0.2, -0.15) is 0 Å². The van der Waals surface area contributed by atoms with Gasteiger partial charge in [-0.15, -0.1) is 0 Å². The van der Waals surface area contributed by atoms with Crippen LogP contribution in [-0.4, -0.2) is 27.1 Å². The summed E-state index contributed by atoms with van der Waals surface area (Å²) in [5.74, 6) is 2.03. The molecule has 5 nitrogen and oxygen atoms in total. The van der Waals surface area contributed by atoms with E-state index in [-0.39, 0.29) is 18.2 Å². The van der Waals surface area contributed by atoms with Gasteiger partial charge in [0, 0.05) is 21.2 Å². The van der Waals surface area contributed by atoms with Crippen molar-refractivity contribution in [3.8, 4) is 17.2 Å². The van der Waals surface area contributed by atoms with Crippen molar-refractivity contribution < 1.29 is 19.0 Å². The van der Waals surface area contributed by atoms with E-state index in [2.05, 4.69) is 27.9 Å². The van der Waals surface area contributed by atoms with Crippen LogP contribution in [0.1, 0.15) is 28.4 Å². The highest BCUT2D eigenvalue weighted by Gasteiger charge is 2.19. The number of Topliss-reactive ketones (excluding diaryl/α,β-unsaturated/α-hetero) is 1. The third kappa shape index (κ3) is 5.44. The van der Waals surface area contributed by atoms with Gasteiger partial charge < -0.3 is 19.5 Å². The van der Waals surface area contributed by atoms with Crippen LogP contribution in [0.2, 0.25) is 0 Å². The average Bonchev–Trinajstić information content (AvgIpc) is 2.79. The highest BCUT2D eigenvalue weighted by molar-refractivity contribution is 14.1. The van der Waals surface area contributed by atoms with E-state index in [1.807, 2.05) is 42.5 Å². The van der Waals surface area contributed by atoms with Crippen LogP contribution in [-0.2, 0) is 0 Å². The van der Waals surface area contributed by atoms with E-state index in [1.165, 1.54) is 0 Å². The molecule has 1 atom stereocenters. The first-order valence-corrected chi connectivity index (χ1v) is 10.5. The second-order valence-electron chi connectivity index (χ2n) is 6.67. The van der Waals surface area contributed by atoms with Crippen LogP contribution in [0.4, 0.5) is 5.69 Å². The molecule has 0 spiro atoms. The number of benzene rings is 3. The number of carbonyl (C=O) groups excluding carboxylic acids is 1. The van der Waals surface area contributed by atoms with Crippen LogP contribution in [0, 0.1) is 3.57 Å². The summed E-state index contributed by atoms with van der Waals surface area (Å²) in [7, 11) is 4.81. The topological polar surface area (TPSA) is 56.8 Å². The third-order valence-electron chi connectivity index (χ3n) is 4.80. The van der Waals surface area contributed by atoms with Gasteiger partial charge in [0.25, 0.3) is 0 Å². The normalized spacial score (nSPS) is 11.5. The van der Waals surface area contributed by atoms with Gasteiger partial charge in [0.1, 0.15) is 5.75 Å². The number of ketones is 1. The molecule has 0 saturated heterocycles. The van der Waals surface area contributed by atoms with Crippen LogP contribution in [0.5, 0.6) is 17.2 Å². The van der Waals surface area contributed by atoms with Gasteiger partial charge in [0.05, 0.1) is 27.4 Å². The van der Waals surface area contributed by atoms with Crippen molar-refractivity contribution in [2.75, 3.05) is 26.6 Å². The predicted molar refractivity (Wildman–Crippen MR) is 127 cm³/mol. The number of anilines is 1. The summed E-state index contributed by atoms with van der Waals surface area (Å²) in [5.41, 5.74) is 2.52. The molecule has 1 N–H and O–H groups in total. The molecule has 30 heavy (non-hydrogen) atoms. The van der Waals surface area contributed by atoms with E-state index in [0.717, 1.165) is 20.6 Å². The van der Waals surface area contributed by atoms with Crippen LogP contribution < -0.4 is 19.5 Å². The maximum atomic E-state index is 13.0. The number of methoxy groups -OCH3 is 3. The maximum Gasteiger partial charge on any atom is 0.165 e. The van der Waals surface area contributed by atoms with Gasteiger partial charge >= 0.3 is 0 Å². The second-order valence-corrected chi connectivity index (χ2v) is 7.92. The van der Waals surface area contributed by atoms with E-state index in [9.17, 15) is 4.79 Å². The van der Waals surface area contributed by atoms with Gasteiger partial charge in [0.15, 0.2) is 17.3 Å². The standard InChI is InChI=1S/C24H24INO4/c1-28-20-11-4-16(5-12-20)22(27)15-21(26-19-9-7-18(25)8-10-19)17-6-13-23(29-2)24(14-17)30-3/h4-14,21,26H,15H2,1-3H3. The van der Waals surface area contributed by atoms with Crippen LogP contribution in [0.25, 0.3) is 0 Å². The van der Waals surface area contributed by atoms with E-state index in [4.69, 9.17) is 14.2 Å². The Morgan fingerprint density at radius 2 is 1.53 bits per heavy atom. The van der Waals surface area contributed by atoms with Crippen LogP contribution >= 0.6 is 22.6 Å². The van der Waals surface area contributed by atoms with Crippen LogP contribution in [0.15, 0.2) is 66.7 Å². The van der Waals surface area contributed by atoms with Crippen LogP contribution in [0.3, 0.4) is 0 Å². The van der Waals surface area contributed by atoms with Crippen molar-refractivity contribution >= 4 is 34.1 Å². The SMILES string of the molecule is COc1ccc(C(=O)CC(Nc2ccc(I)cc2)c2ccc(OC)c(OC)c2)cc1. The van der Waals surface area contributed by atoms with Gasteiger partial charge in [-0.25, -0.2) is 0 Å². The van der Waals surface area contributed by atoms with Gasteiger partial charge in [-0.3, -0.25) is 4.79 Å². The lowest BCUT2D eigenvalue weighted by molar-refractivity contribution is 0.0976. The maximum absolute atomic E-state index is 13.0. The summed E-state index contributed by atoms with van der Waals surface area (Å²) in [6.45, 7) is 0. The molecule has 0 saturated carbocycles. The zero-order valence-electron chi connectivity index (χ0n) is 17.1. The third-order valence-corrected chi connectivity index (χ3v) is 5.52. The number of halogens is 1. The molecule has 0 amide bonds. The highest BCUT2D eigenvalue weighted by atomic mass is 127. The fourth-order valence-electron chi connectivity index (χ4n) is 3.15. The van der Waals surface area contributed by atoms with Crippen molar-refractivity contribution in [2.24, 2.45) is 0 Å². The van der Waals surface area contributed by atoms with Crippen molar-refractivity contribution in [1.82, 2.24) is 0 Å². The fourth-order valence-corrected chi connectivity index (χ4v) is 3.51. The molecule has 0 aliphatic heterocycles. The molecule has 0 bridgehead atoms. The summed E-state index contributed by atoms with van der Waals surface area (Å²) in [5, 5.41) is 3.49. The molecule has 0 fully saturated rings. The zero-order chi connectivity index (χ0) is 21.5. The van der Waals surface area contributed by atoms with E-state index < -0.39 is 0 Å². The van der Waals surface area contributed by atoms with Gasteiger partial charge in [0.2, 0.25) is 0 Å². The molecule has 0 aromatic heterocycles. The molecule has 0 heterocycles. The second kappa shape index (κ2) is 10.3. The summed E-state index contributed by atoms with van der Waals surface area (Å²) >= 11 is 2.27. The number of hydrogen-bond donors (Lipinski definition) is 1. The number of carbonyl (C=O) groups is 1. The minimum absolute atomic E-state index is 0.0375.